The third kappa shape index (κ3) is 2.77. The first-order valence-corrected chi connectivity index (χ1v) is 5.23. The summed E-state index contributed by atoms with van der Waals surface area (Å²) in [5, 5.41) is 0. The number of halogens is 2. The minimum Gasteiger partial charge on any atom is -0.374 e. The van der Waals surface area contributed by atoms with Gasteiger partial charge >= 0.3 is 0 Å². The number of nitrogens with two attached hydrogens (primary N) is 1. The predicted molar refractivity (Wildman–Crippen MR) is 59.0 cm³/mol. The van der Waals surface area contributed by atoms with Crippen molar-refractivity contribution in [3.8, 4) is 0 Å². The molecule has 0 radical (unpaired) electrons. The molecule has 0 aliphatic carbocycles. The van der Waals surface area contributed by atoms with E-state index in [1.807, 2.05) is 6.92 Å². The number of hydrogen-bond donors (Lipinski definition) is 1. The van der Waals surface area contributed by atoms with E-state index in [4.69, 9.17) is 10.5 Å². The molecular weight excluding hydrogens is 212 g/mol. The van der Waals surface area contributed by atoms with Gasteiger partial charge < -0.3 is 10.5 Å². The van der Waals surface area contributed by atoms with Crippen molar-refractivity contribution in [1.29, 1.82) is 0 Å². The SMILES string of the molecule is CCOC(C)(C)C(N)c1cc(F)ccc1F. The Labute approximate surface area is 94.4 Å². The maximum atomic E-state index is 13.5. The normalized spacial score (nSPS) is 13.9. The van der Waals surface area contributed by atoms with Crippen molar-refractivity contribution in [1.82, 2.24) is 0 Å². The summed E-state index contributed by atoms with van der Waals surface area (Å²) < 4.78 is 31.9. The lowest BCUT2D eigenvalue weighted by molar-refractivity contribution is -0.0305. The highest BCUT2D eigenvalue weighted by Gasteiger charge is 2.30. The Balaban J connectivity index is 3.03. The molecule has 0 saturated heterocycles. The van der Waals surface area contributed by atoms with Gasteiger partial charge in [0.2, 0.25) is 0 Å². The molecule has 0 aliphatic rings. The van der Waals surface area contributed by atoms with Gasteiger partial charge in [-0.1, -0.05) is 0 Å². The van der Waals surface area contributed by atoms with Crippen LogP contribution in [0.25, 0.3) is 0 Å². The summed E-state index contributed by atoms with van der Waals surface area (Å²) in [4.78, 5) is 0. The van der Waals surface area contributed by atoms with Crippen LogP contribution in [0, 0.1) is 11.6 Å². The predicted octanol–water partition coefficient (Wildman–Crippen LogP) is 2.78. The van der Waals surface area contributed by atoms with E-state index in [0.29, 0.717) is 6.61 Å². The summed E-state index contributed by atoms with van der Waals surface area (Å²) in [6.45, 7) is 5.81. The maximum Gasteiger partial charge on any atom is 0.128 e. The molecule has 0 heterocycles. The second-order valence-electron chi connectivity index (χ2n) is 4.18. The first kappa shape index (κ1) is 13.1. The van der Waals surface area contributed by atoms with Crippen LogP contribution in [0.5, 0.6) is 0 Å². The fourth-order valence-electron chi connectivity index (χ4n) is 1.59. The summed E-state index contributed by atoms with van der Waals surface area (Å²) >= 11 is 0. The molecular formula is C12H17F2NO. The lowest BCUT2D eigenvalue weighted by Gasteiger charge is -2.31. The van der Waals surface area contributed by atoms with Crippen molar-refractivity contribution >= 4 is 0 Å². The molecule has 1 aromatic carbocycles. The first-order chi connectivity index (χ1) is 7.38. The van der Waals surface area contributed by atoms with Crippen LogP contribution in [0.3, 0.4) is 0 Å². The molecule has 0 bridgehead atoms. The van der Waals surface area contributed by atoms with Gasteiger partial charge in [-0.05, 0) is 39.0 Å². The molecule has 90 valence electrons. The largest absolute Gasteiger partial charge is 0.374 e. The second kappa shape index (κ2) is 4.89. The Morgan fingerprint density at radius 2 is 2.00 bits per heavy atom. The molecule has 0 saturated carbocycles. The van der Waals surface area contributed by atoms with Gasteiger partial charge in [0.15, 0.2) is 0 Å². The van der Waals surface area contributed by atoms with E-state index >= 15 is 0 Å². The molecule has 0 aliphatic heterocycles. The van der Waals surface area contributed by atoms with E-state index in [1.165, 1.54) is 0 Å². The fraction of sp³-hybridized carbons (Fsp3) is 0.500. The number of ether oxygens (including phenoxy) is 1. The van der Waals surface area contributed by atoms with Crippen molar-refractivity contribution in [2.45, 2.75) is 32.4 Å². The molecule has 0 aromatic heterocycles. The van der Waals surface area contributed by atoms with Crippen molar-refractivity contribution in [2.24, 2.45) is 5.73 Å². The Hall–Kier alpha value is -1.00. The topological polar surface area (TPSA) is 35.2 Å². The molecule has 2 nitrogen and oxygen atoms in total. The highest BCUT2D eigenvalue weighted by Crippen LogP contribution is 2.28. The zero-order chi connectivity index (χ0) is 12.3. The quantitative estimate of drug-likeness (QED) is 0.861. The third-order valence-electron chi connectivity index (χ3n) is 2.56. The Kier molecular flexibility index (Phi) is 3.99. The van der Waals surface area contributed by atoms with Crippen LogP contribution in [-0.2, 0) is 4.74 Å². The van der Waals surface area contributed by atoms with Gasteiger partial charge in [0.25, 0.3) is 0 Å². The minimum atomic E-state index is -0.733. The number of rotatable bonds is 4. The lowest BCUT2D eigenvalue weighted by atomic mass is 9.92. The molecule has 2 N–H and O–H groups in total. The monoisotopic (exact) mass is 229 g/mol. The van der Waals surface area contributed by atoms with Crippen molar-refractivity contribution in [3.05, 3.63) is 35.4 Å². The van der Waals surface area contributed by atoms with Crippen LogP contribution < -0.4 is 5.73 Å². The molecule has 1 atom stereocenters. The smallest absolute Gasteiger partial charge is 0.128 e. The van der Waals surface area contributed by atoms with Gasteiger partial charge in [-0.2, -0.15) is 0 Å². The number of hydrogen-bond acceptors (Lipinski definition) is 2. The van der Waals surface area contributed by atoms with Gasteiger partial charge in [0.05, 0.1) is 11.6 Å². The van der Waals surface area contributed by atoms with Crippen LogP contribution >= 0.6 is 0 Å². The van der Waals surface area contributed by atoms with Crippen LogP contribution in [0.15, 0.2) is 18.2 Å². The molecule has 0 spiro atoms. The van der Waals surface area contributed by atoms with Gasteiger partial charge in [-0.3, -0.25) is 0 Å². The Morgan fingerprint density at radius 3 is 2.56 bits per heavy atom. The van der Waals surface area contributed by atoms with Crippen LogP contribution in [0.1, 0.15) is 32.4 Å². The van der Waals surface area contributed by atoms with Crippen LogP contribution in [-0.4, -0.2) is 12.2 Å². The van der Waals surface area contributed by atoms with Crippen LogP contribution in [0.4, 0.5) is 8.78 Å². The standard InChI is InChI=1S/C12H17F2NO/c1-4-16-12(2,3)11(15)9-7-8(13)5-6-10(9)14/h5-7,11H,4,15H2,1-3H3. The highest BCUT2D eigenvalue weighted by molar-refractivity contribution is 5.24. The van der Waals surface area contributed by atoms with E-state index in [1.54, 1.807) is 13.8 Å². The molecule has 0 amide bonds. The van der Waals surface area contributed by atoms with Gasteiger partial charge in [0, 0.05) is 12.2 Å². The zero-order valence-corrected chi connectivity index (χ0v) is 9.76. The molecule has 4 heteroatoms. The average Bonchev–Trinajstić information content (AvgIpc) is 2.20. The van der Waals surface area contributed by atoms with E-state index in [0.717, 1.165) is 18.2 Å². The van der Waals surface area contributed by atoms with Crippen molar-refractivity contribution in [2.75, 3.05) is 6.61 Å². The Morgan fingerprint density at radius 1 is 1.38 bits per heavy atom. The van der Waals surface area contributed by atoms with E-state index in [2.05, 4.69) is 0 Å². The van der Waals surface area contributed by atoms with E-state index in [9.17, 15) is 8.78 Å². The average molecular weight is 229 g/mol. The molecule has 1 rings (SSSR count). The zero-order valence-electron chi connectivity index (χ0n) is 9.76. The summed E-state index contributed by atoms with van der Waals surface area (Å²) in [5.41, 5.74) is 5.30. The van der Waals surface area contributed by atoms with Gasteiger partial charge in [-0.25, -0.2) is 8.78 Å². The molecule has 16 heavy (non-hydrogen) atoms. The molecule has 0 fully saturated rings. The first-order valence-electron chi connectivity index (χ1n) is 5.23. The third-order valence-corrected chi connectivity index (χ3v) is 2.56. The van der Waals surface area contributed by atoms with Gasteiger partial charge in [0.1, 0.15) is 11.6 Å². The Bertz CT molecular complexity index is 366. The summed E-state index contributed by atoms with van der Waals surface area (Å²) in [5.74, 6) is -1.01. The fourth-order valence-corrected chi connectivity index (χ4v) is 1.59. The summed E-state index contributed by atoms with van der Waals surface area (Å²) in [7, 11) is 0. The summed E-state index contributed by atoms with van der Waals surface area (Å²) in [6, 6.07) is 2.55. The minimum absolute atomic E-state index is 0.137. The number of benzene rings is 1. The lowest BCUT2D eigenvalue weighted by Crippen LogP contribution is -2.38. The second-order valence-corrected chi connectivity index (χ2v) is 4.18. The van der Waals surface area contributed by atoms with E-state index < -0.39 is 23.3 Å². The molecule has 1 aromatic rings. The van der Waals surface area contributed by atoms with E-state index in [-0.39, 0.29) is 5.56 Å². The maximum absolute atomic E-state index is 13.5. The molecule has 1 unspecified atom stereocenters. The van der Waals surface area contributed by atoms with Crippen molar-refractivity contribution in [3.63, 3.8) is 0 Å². The highest BCUT2D eigenvalue weighted by atomic mass is 19.1. The van der Waals surface area contributed by atoms with Crippen molar-refractivity contribution < 1.29 is 13.5 Å². The van der Waals surface area contributed by atoms with Gasteiger partial charge in [-0.15, -0.1) is 0 Å². The summed E-state index contributed by atoms with van der Waals surface area (Å²) in [6.07, 6.45) is 0. The van der Waals surface area contributed by atoms with Crippen LogP contribution in [0.2, 0.25) is 0 Å².